The number of rotatable bonds is 14. The van der Waals surface area contributed by atoms with Gasteiger partial charge in [0.25, 0.3) is 0 Å². The smallest absolute Gasteiger partial charge is 0.307 e. The van der Waals surface area contributed by atoms with E-state index in [1.807, 2.05) is 42.5 Å². The third-order valence-electron chi connectivity index (χ3n) is 6.68. The van der Waals surface area contributed by atoms with Crippen molar-refractivity contribution in [2.24, 2.45) is 0 Å². The first kappa shape index (κ1) is 29.4. The molecule has 210 valence electrons. The Bertz CT molecular complexity index is 1510. The average molecular weight is 570 g/mol. The number of benzene rings is 3. The Hall–Kier alpha value is -4.56. The summed E-state index contributed by atoms with van der Waals surface area (Å²) in [5.74, 6) is -2.67. The molecule has 0 fully saturated rings. The molecule has 3 aromatic carbocycles. The molecular weight excluding hydrogens is 538 g/mol. The van der Waals surface area contributed by atoms with Crippen molar-refractivity contribution < 1.29 is 29.4 Å². The molecule has 0 saturated carbocycles. The van der Waals surface area contributed by atoms with Crippen molar-refractivity contribution >= 4 is 35.0 Å². The lowest BCUT2D eigenvalue weighted by atomic mass is 9.98. The minimum Gasteiger partial charge on any atom is -0.481 e. The van der Waals surface area contributed by atoms with Crippen molar-refractivity contribution in [3.63, 3.8) is 0 Å². The van der Waals surface area contributed by atoms with Crippen LogP contribution in [-0.4, -0.2) is 39.9 Å². The first-order valence-corrected chi connectivity index (χ1v) is 14.2. The Labute approximate surface area is 242 Å². The molecule has 4 rings (SSSR count). The van der Waals surface area contributed by atoms with E-state index >= 15 is 0 Å². The van der Waals surface area contributed by atoms with Gasteiger partial charge in [-0.25, -0.2) is 0 Å². The van der Waals surface area contributed by atoms with Gasteiger partial charge in [0.1, 0.15) is 0 Å². The van der Waals surface area contributed by atoms with Gasteiger partial charge in [-0.05, 0) is 57.7 Å². The van der Waals surface area contributed by atoms with Crippen LogP contribution in [0.3, 0.4) is 0 Å². The Kier molecular flexibility index (Phi) is 10.2. The lowest BCUT2D eigenvalue weighted by Crippen LogP contribution is -2.42. The van der Waals surface area contributed by atoms with Crippen LogP contribution in [-0.2, 0) is 38.4 Å². The highest BCUT2D eigenvalue weighted by Crippen LogP contribution is 2.32. The summed E-state index contributed by atoms with van der Waals surface area (Å²) in [7, 11) is 0. The third-order valence-corrected chi connectivity index (χ3v) is 7.66. The fourth-order valence-corrected chi connectivity index (χ4v) is 5.48. The Balaban J connectivity index is 1.33. The third kappa shape index (κ3) is 8.98. The zero-order valence-electron chi connectivity index (χ0n) is 22.4. The van der Waals surface area contributed by atoms with Crippen molar-refractivity contribution in [2.45, 2.75) is 44.6 Å². The minimum atomic E-state index is -1.05. The summed E-state index contributed by atoms with van der Waals surface area (Å²) in [6.07, 6.45) is 0.157. The second-order valence-electron chi connectivity index (χ2n) is 9.85. The highest BCUT2D eigenvalue weighted by Gasteiger charge is 2.22. The molecule has 1 heterocycles. The van der Waals surface area contributed by atoms with Gasteiger partial charge in [0.2, 0.25) is 5.91 Å². The number of aliphatic carboxylic acids is 2. The summed E-state index contributed by atoms with van der Waals surface area (Å²) < 4.78 is 0. The number of carboxylic acids is 2. The monoisotopic (exact) mass is 569 g/mol. The van der Waals surface area contributed by atoms with Crippen LogP contribution in [0.4, 0.5) is 0 Å². The maximum absolute atomic E-state index is 13.0. The number of carboxylic acid groups (broad SMARTS) is 2. The molecule has 1 amide bonds. The number of ketones is 1. The van der Waals surface area contributed by atoms with Crippen LogP contribution < -0.4 is 5.32 Å². The number of Topliss-reactive ketones (excluding diaryl/α,β-unsaturated/α-hetero) is 1. The molecule has 0 saturated heterocycles. The van der Waals surface area contributed by atoms with E-state index in [9.17, 15) is 19.2 Å². The fraction of sp³-hybridized carbons (Fsp3) is 0.212. The van der Waals surface area contributed by atoms with Crippen LogP contribution in [0.1, 0.15) is 36.0 Å². The Morgan fingerprint density at radius 1 is 0.683 bits per heavy atom. The summed E-state index contributed by atoms with van der Waals surface area (Å²) in [6, 6.07) is 26.2. The molecule has 0 bridgehead atoms. The van der Waals surface area contributed by atoms with Crippen LogP contribution in [0.5, 0.6) is 0 Å². The topological polar surface area (TPSA) is 121 Å². The molecule has 1 atom stereocenters. The lowest BCUT2D eigenvalue weighted by molar-refractivity contribution is -0.138. The standard InChI is InChI=1S/C33H31NO6S/c35-29(18-23-5-4-6-24(17-23)19-33(39)40)28(14-16-32(37)38)34-31(36)15-11-22-9-12-26(13-10-22)30-20-27(21-41-30)25-7-2-1-3-8-25/h1-10,12-13,17,20-21,28H,11,14-16,18-19H2,(H,34,36)(H,37,38)(H,39,40)/t28-/m0/s1. The van der Waals surface area contributed by atoms with Crippen LogP contribution in [0, 0.1) is 0 Å². The summed E-state index contributed by atoms with van der Waals surface area (Å²) in [6.45, 7) is 0. The van der Waals surface area contributed by atoms with E-state index in [-0.39, 0.29) is 43.8 Å². The van der Waals surface area contributed by atoms with E-state index in [2.05, 4.69) is 28.9 Å². The van der Waals surface area contributed by atoms with Gasteiger partial charge in [-0.15, -0.1) is 11.3 Å². The predicted molar refractivity (Wildman–Crippen MR) is 159 cm³/mol. The molecule has 41 heavy (non-hydrogen) atoms. The first-order chi connectivity index (χ1) is 19.8. The number of hydrogen-bond donors (Lipinski definition) is 3. The van der Waals surface area contributed by atoms with Crippen LogP contribution >= 0.6 is 11.3 Å². The molecular formula is C33H31NO6S. The maximum Gasteiger partial charge on any atom is 0.307 e. The van der Waals surface area contributed by atoms with Gasteiger partial charge < -0.3 is 15.5 Å². The molecule has 4 aromatic rings. The number of hydrogen-bond acceptors (Lipinski definition) is 5. The van der Waals surface area contributed by atoms with E-state index in [1.54, 1.807) is 35.6 Å². The highest BCUT2D eigenvalue weighted by molar-refractivity contribution is 7.14. The number of carbonyl (C=O) groups excluding carboxylic acids is 2. The van der Waals surface area contributed by atoms with Crippen molar-refractivity contribution in [2.75, 3.05) is 0 Å². The van der Waals surface area contributed by atoms with E-state index in [4.69, 9.17) is 10.2 Å². The van der Waals surface area contributed by atoms with Gasteiger partial charge in [0.05, 0.1) is 12.5 Å². The Morgan fingerprint density at radius 2 is 1.39 bits per heavy atom. The van der Waals surface area contributed by atoms with Gasteiger partial charge in [0.15, 0.2) is 5.78 Å². The van der Waals surface area contributed by atoms with Gasteiger partial charge in [0, 0.05) is 24.1 Å². The maximum atomic E-state index is 13.0. The van der Waals surface area contributed by atoms with E-state index < -0.39 is 18.0 Å². The molecule has 0 spiro atoms. The van der Waals surface area contributed by atoms with E-state index in [0.29, 0.717) is 17.5 Å². The van der Waals surface area contributed by atoms with Crippen molar-refractivity contribution in [3.05, 3.63) is 107 Å². The van der Waals surface area contributed by atoms with Crippen molar-refractivity contribution in [1.29, 1.82) is 0 Å². The van der Waals surface area contributed by atoms with Crippen LogP contribution in [0.25, 0.3) is 21.6 Å². The lowest BCUT2D eigenvalue weighted by Gasteiger charge is -2.17. The summed E-state index contributed by atoms with van der Waals surface area (Å²) in [5.41, 5.74) is 5.60. The summed E-state index contributed by atoms with van der Waals surface area (Å²) >= 11 is 1.68. The molecule has 0 radical (unpaired) electrons. The first-order valence-electron chi connectivity index (χ1n) is 13.3. The minimum absolute atomic E-state index is 0.0186. The molecule has 0 aliphatic rings. The number of carbonyl (C=O) groups is 4. The molecule has 0 unspecified atom stereocenters. The van der Waals surface area contributed by atoms with E-state index in [1.165, 1.54) is 11.1 Å². The number of nitrogens with one attached hydrogen (secondary N) is 1. The Morgan fingerprint density at radius 3 is 2.07 bits per heavy atom. The van der Waals surface area contributed by atoms with Gasteiger partial charge in [-0.3, -0.25) is 19.2 Å². The van der Waals surface area contributed by atoms with Gasteiger partial charge in [-0.1, -0.05) is 78.9 Å². The second kappa shape index (κ2) is 14.2. The van der Waals surface area contributed by atoms with Crippen molar-refractivity contribution in [3.8, 4) is 21.6 Å². The zero-order valence-corrected chi connectivity index (χ0v) is 23.2. The molecule has 3 N–H and O–H groups in total. The molecule has 1 aromatic heterocycles. The SMILES string of the molecule is O=C(O)CC[C@H](NC(=O)CCc1ccc(-c2cc(-c3ccccc3)cs2)cc1)C(=O)Cc1cccc(CC(=O)O)c1. The van der Waals surface area contributed by atoms with Crippen LogP contribution in [0.2, 0.25) is 0 Å². The van der Waals surface area contributed by atoms with Crippen LogP contribution in [0.15, 0.2) is 90.3 Å². The number of amides is 1. The molecule has 0 aliphatic carbocycles. The molecule has 0 aliphatic heterocycles. The fourth-order valence-electron chi connectivity index (χ4n) is 4.56. The van der Waals surface area contributed by atoms with E-state index in [0.717, 1.165) is 16.0 Å². The van der Waals surface area contributed by atoms with Crippen molar-refractivity contribution in [1.82, 2.24) is 5.32 Å². The predicted octanol–water partition coefficient (Wildman–Crippen LogP) is 5.80. The number of aryl methyl sites for hydroxylation is 1. The average Bonchev–Trinajstić information content (AvgIpc) is 3.45. The largest absolute Gasteiger partial charge is 0.481 e. The second-order valence-corrected chi connectivity index (χ2v) is 10.8. The summed E-state index contributed by atoms with van der Waals surface area (Å²) in [4.78, 5) is 49.1. The molecule has 8 heteroatoms. The highest BCUT2D eigenvalue weighted by atomic mass is 32.1. The number of thiophene rings is 1. The van der Waals surface area contributed by atoms with Gasteiger partial charge >= 0.3 is 11.9 Å². The quantitative estimate of drug-likeness (QED) is 0.176. The normalized spacial score (nSPS) is 11.5. The molecule has 7 nitrogen and oxygen atoms in total. The zero-order chi connectivity index (χ0) is 29.2. The van der Waals surface area contributed by atoms with Gasteiger partial charge in [-0.2, -0.15) is 0 Å². The summed E-state index contributed by atoms with van der Waals surface area (Å²) in [5, 5.41) is 23.0.